The molecule has 0 saturated carbocycles. The Morgan fingerprint density at radius 1 is 1.67 bits per heavy atom. The van der Waals surface area contributed by atoms with Gasteiger partial charge in [0.2, 0.25) is 0 Å². The molecule has 0 aromatic carbocycles. The van der Waals surface area contributed by atoms with E-state index in [0.29, 0.717) is 12.3 Å². The first kappa shape index (κ1) is 11.3. The number of aromatic carboxylic acids is 1. The molecule has 78 valence electrons. The number of carbonyl (C=O) groups is 1. The number of anilines is 1. The van der Waals surface area contributed by atoms with E-state index < -0.39 is 5.97 Å². The van der Waals surface area contributed by atoms with E-state index in [9.17, 15) is 4.79 Å². The van der Waals surface area contributed by atoms with Crippen molar-refractivity contribution in [2.75, 3.05) is 11.6 Å². The van der Waals surface area contributed by atoms with Gasteiger partial charge in [-0.3, -0.25) is 0 Å². The minimum atomic E-state index is -1.22. The summed E-state index contributed by atoms with van der Waals surface area (Å²) in [7, 11) is 0. The average Bonchev–Trinajstić information content (AvgIpc) is 2.20. The molecular formula is C9H8ClN3O2. The van der Waals surface area contributed by atoms with E-state index >= 15 is 0 Å². The number of nitrogens with zero attached hydrogens (tertiary/aromatic N) is 2. The van der Waals surface area contributed by atoms with Gasteiger partial charge in [-0.15, -0.1) is 11.6 Å². The highest BCUT2D eigenvalue weighted by molar-refractivity contribution is 6.18. The molecule has 3 N–H and O–H groups in total. The van der Waals surface area contributed by atoms with Gasteiger partial charge in [-0.2, -0.15) is 0 Å². The van der Waals surface area contributed by atoms with Gasteiger partial charge >= 0.3 is 5.97 Å². The van der Waals surface area contributed by atoms with Gasteiger partial charge in [-0.05, 0) is 5.92 Å². The lowest BCUT2D eigenvalue weighted by molar-refractivity contribution is 0.0691. The topological polar surface area (TPSA) is 89.1 Å². The summed E-state index contributed by atoms with van der Waals surface area (Å²) in [5, 5.41) is 8.71. The number of alkyl halides is 1. The van der Waals surface area contributed by atoms with Gasteiger partial charge in [0.15, 0.2) is 11.5 Å². The lowest BCUT2D eigenvalue weighted by atomic mass is 10.3. The first-order valence-electron chi connectivity index (χ1n) is 4.05. The van der Waals surface area contributed by atoms with Gasteiger partial charge in [-0.25, -0.2) is 14.8 Å². The Morgan fingerprint density at radius 2 is 2.40 bits per heavy atom. The molecule has 0 saturated heterocycles. The van der Waals surface area contributed by atoms with Crippen molar-refractivity contribution in [2.24, 2.45) is 0 Å². The van der Waals surface area contributed by atoms with Crippen LogP contribution in [0.15, 0.2) is 6.20 Å². The maximum Gasteiger partial charge on any atom is 0.358 e. The van der Waals surface area contributed by atoms with Crippen LogP contribution in [0, 0.1) is 11.8 Å². The summed E-state index contributed by atoms with van der Waals surface area (Å²) >= 11 is 5.42. The molecule has 6 heteroatoms. The summed E-state index contributed by atoms with van der Waals surface area (Å²) in [6.07, 6.45) is 1.83. The van der Waals surface area contributed by atoms with Gasteiger partial charge in [-0.1, -0.05) is 5.92 Å². The van der Waals surface area contributed by atoms with Crippen molar-refractivity contribution in [3.05, 3.63) is 17.6 Å². The van der Waals surface area contributed by atoms with E-state index in [0.717, 1.165) is 0 Å². The Bertz CT molecular complexity index is 437. The molecule has 0 radical (unpaired) electrons. The lowest BCUT2D eigenvalue weighted by Gasteiger charge is -1.97. The molecule has 15 heavy (non-hydrogen) atoms. The second-order valence-electron chi connectivity index (χ2n) is 2.54. The van der Waals surface area contributed by atoms with Gasteiger partial charge in [0.25, 0.3) is 0 Å². The van der Waals surface area contributed by atoms with Crippen LogP contribution in [0.3, 0.4) is 0 Å². The van der Waals surface area contributed by atoms with Crippen LogP contribution in [0.1, 0.15) is 22.6 Å². The number of halogens is 1. The monoisotopic (exact) mass is 225 g/mol. The third kappa shape index (κ3) is 3.11. The van der Waals surface area contributed by atoms with Crippen molar-refractivity contribution >= 4 is 23.4 Å². The summed E-state index contributed by atoms with van der Waals surface area (Å²) in [6.45, 7) is 0. The number of nitrogen functional groups attached to an aromatic ring is 1. The number of hydrogen-bond donors (Lipinski definition) is 2. The van der Waals surface area contributed by atoms with Gasteiger partial charge in [0.05, 0.1) is 6.20 Å². The molecule has 1 aromatic rings. The van der Waals surface area contributed by atoms with Crippen LogP contribution >= 0.6 is 11.6 Å². The second kappa shape index (κ2) is 5.17. The number of nitrogens with two attached hydrogens (primary N) is 1. The summed E-state index contributed by atoms with van der Waals surface area (Å²) in [5.74, 6) is 4.44. The van der Waals surface area contributed by atoms with Gasteiger partial charge in [0, 0.05) is 12.3 Å². The zero-order valence-corrected chi connectivity index (χ0v) is 8.45. The quantitative estimate of drug-likeness (QED) is 0.572. The molecule has 0 fully saturated rings. The zero-order chi connectivity index (χ0) is 11.3. The van der Waals surface area contributed by atoms with E-state index in [1.165, 1.54) is 6.20 Å². The molecule has 1 aromatic heterocycles. The minimum absolute atomic E-state index is 0.120. The standard InChI is InChI=1S/C9H8ClN3O2/c10-4-2-1-3-6-5-12-8(11)7(13-6)9(14)15/h5H,2,4H2,(H2,11,12)(H,14,15). The molecule has 0 atom stereocenters. The van der Waals surface area contributed by atoms with Crippen LogP contribution in [0.25, 0.3) is 0 Å². The number of aromatic nitrogens is 2. The molecule has 5 nitrogen and oxygen atoms in total. The molecule has 0 aliphatic rings. The summed E-state index contributed by atoms with van der Waals surface area (Å²) in [4.78, 5) is 18.1. The molecule has 0 aliphatic heterocycles. The van der Waals surface area contributed by atoms with E-state index in [1.807, 2.05) is 0 Å². The molecule has 1 rings (SSSR count). The third-order valence-electron chi connectivity index (χ3n) is 1.44. The number of carboxylic acid groups (broad SMARTS) is 1. The summed E-state index contributed by atoms with van der Waals surface area (Å²) in [6, 6.07) is 0. The highest BCUT2D eigenvalue weighted by Crippen LogP contribution is 2.04. The third-order valence-corrected chi connectivity index (χ3v) is 1.63. The smallest absolute Gasteiger partial charge is 0.358 e. The SMILES string of the molecule is Nc1ncc(C#CCCCl)nc1C(=O)O. The Hall–Kier alpha value is -1.80. The highest BCUT2D eigenvalue weighted by Gasteiger charge is 2.10. The van der Waals surface area contributed by atoms with E-state index in [-0.39, 0.29) is 17.2 Å². The van der Waals surface area contributed by atoms with E-state index in [2.05, 4.69) is 21.8 Å². The zero-order valence-electron chi connectivity index (χ0n) is 7.70. The summed E-state index contributed by atoms with van der Waals surface area (Å²) in [5.41, 5.74) is 5.31. The molecule has 0 amide bonds. The molecule has 0 spiro atoms. The number of rotatable bonds is 2. The predicted octanol–water partition coefficient (Wildman–Crippen LogP) is 0.737. The van der Waals surface area contributed by atoms with Crippen LogP contribution < -0.4 is 5.73 Å². The number of carboxylic acids is 1. The van der Waals surface area contributed by atoms with Crippen LogP contribution in [0.4, 0.5) is 5.82 Å². The second-order valence-corrected chi connectivity index (χ2v) is 2.91. The fraction of sp³-hybridized carbons (Fsp3) is 0.222. The molecular weight excluding hydrogens is 218 g/mol. The van der Waals surface area contributed by atoms with Crippen molar-refractivity contribution in [1.82, 2.24) is 9.97 Å². The van der Waals surface area contributed by atoms with Gasteiger partial charge < -0.3 is 10.8 Å². The maximum atomic E-state index is 10.7. The molecule has 0 aliphatic carbocycles. The Morgan fingerprint density at radius 3 is 3.00 bits per heavy atom. The normalized spacial score (nSPS) is 9.13. The summed E-state index contributed by atoms with van der Waals surface area (Å²) < 4.78 is 0. The minimum Gasteiger partial charge on any atom is -0.476 e. The van der Waals surface area contributed by atoms with E-state index in [1.54, 1.807) is 0 Å². The van der Waals surface area contributed by atoms with Crippen molar-refractivity contribution in [3.63, 3.8) is 0 Å². The predicted molar refractivity (Wildman–Crippen MR) is 55.6 cm³/mol. The average molecular weight is 226 g/mol. The van der Waals surface area contributed by atoms with Gasteiger partial charge in [0.1, 0.15) is 5.69 Å². The lowest BCUT2D eigenvalue weighted by Crippen LogP contribution is -2.08. The van der Waals surface area contributed by atoms with Crippen molar-refractivity contribution < 1.29 is 9.90 Å². The molecule has 0 bridgehead atoms. The first-order chi connectivity index (χ1) is 7.15. The van der Waals surface area contributed by atoms with Crippen LogP contribution in [-0.4, -0.2) is 26.9 Å². The first-order valence-corrected chi connectivity index (χ1v) is 4.59. The van der Waals surface area contributed by atoms with Crippen molar-refractivity contribution in [3.8, 4) is 11.8 Å². The van der Waals surface area contributed by atoms with Crippen molar-refractivity contribution in [1.29, 1.82) is 0 Å². The number of hydrogen-bond acceptors (Lipinski definition) is 4. The highest BCUT2D eigenvalue weighted by atomic mass is 35.5. The molecule has 0 unspecified atom stereocenters. The maximum absolute atomic E-state index is 10.7. The Labute approximate surface area is 91.3 Å². The van der Waals surface area contributed by atoms with Crippen molar-refractivity contribution in [2.45, 2.75) is 6.42 Å². The fourth-order valence-corrected chi connectivity index (χ4v) is 0.911. The van der Waals surface area contributed by atoms with E-state index in [4.69, 9.17) is 22.4 Å². The molecule has 1 heterocycles. The largest absolute Gasteiger partial charge is 0.476 e. The fourth-order valence-electron chi connectivity index (χ4n) is 0.816. The Balaban J connectivity index is 2.99. The Kier molecular flexibility index (Phi) is 3.89. The van der Waals surface area contributed by atoms with Crippen LogP contribution in [0.5, 0.6) is 0 Å². The van der Waals surface area contributed by atoms with Crippen LogP contribution in [0.2, 0.25) is 0 Å². The van der Waals surface area contributed by atoms with Crippen LogP contribution in [-0.2, 0) is 0 Å².